The molecule has 10 heteroatoms. The van der Waals surface area contributed by atoms with Gasteiger partial charge in [-0.1, -0.05) is 12.1 Å². The summed E-state index contributed by atoms with van der Waals surface area (Å²) in [5.74, 6) is 0.996. The van der Waals surface area contributed by atoms with Gasteiger partial charge in [0, 0.05) is 26.3 Å². The lowest BCUT2D eigenvalue weighted by molar-refractivity contribution is 0.286. The molecule has 0 amide bonds. The summed E-state index contributed by atoms with van der Waals surface area (Å²) in [5.41, 5.74) is 1.36. The van der Waals surface area contributed by atoms with Crippen molar-refractivity contribution in [2.45, 2.75) is 6.54 Å². The first-order valence-electron chi connectivity index (χ1n) is 8.87. The number of ether oxygens (including phenoxy) is 2. The normalized spacial score (nSPS) is 11.4. The Labute approximate surface area is 173 Å². The van der Waals surface area contributed by atoms with Gasteiger partial charge in [-0.3, -0.25) is 4.57 Å². The maximum absolute atomic E-state index is 13.1. The Morgan fingerprint density at radius 3 is 2.27 bits per heavy atom. The van der Waals surface area contributed by atoms with Gasteiger partial charge < -0.3 is 28.3 Å². The van der Waals surface area contributed by atoms with Crippen LogP contribution in [-0.2, 0) is 20.2 Å². The molecule has 1 aromatic heterocycles. The fraction of sp³-hybridized carbons (Fsp3) is 0.250. The van der Waals surface area contributed by atoms with Gasteiger partial charge in [-0.2, -0.15) is 4.98 Å². The maximum atomic E-state index is 13.1. The Hall–Kier alpha value is -2.87. The van der Waals surface area contributed by atoms with Crippen LogP contribution in [0, 0.1) is 5.82 Å². The van der Waals surface area contributed by atoms with Crippen molar-refractivity contribution in [1.29, 1.82) is 0 Å². The Morgan fingerprint density at radius 2 is 1.67 bits per heavy atom. The predicted octanol–water partition coefficient (Wildman–Crippen LogP) is 4.22. The average molecular weight is 436 g/mol. The van der Waals surface area contributed by atoms with Gasteiger partial charge in [-0.25, -0.2) is 4.39 Å². The molecule has 0 fully saturated rings. The van der Waals surface area contributed by atoms with Crippen LogP contribution in [0.3, 0.4) is 0 Å². The largest absolute Gasteiger partial charge is 0.493 e. The second-order valence-corrected chi connectivity index (χ2v) is 8.23. The lowest BCUT2D eigenvalue weighted by Gasteiger charge is -2.12. The number of benzene rings is 2. The van der Waals surface area contributed by atoms with E-state index in [1.807, 2.05) is 0 Å². The van der Waals surface area contributed by atoms with E-state index in [2.05, 4.69) is 10.3 Å². The fourth-order valence-electron chi connectivity index (χ4n) is 2.74. The SMILES string of the molecule is COc1ccc(-c2nc(P(=O)(OC)OC)c(NCc3ccc(F)cc3)o2)cc1OC. The second-order valence-electron chi connectivity index (χ2n) is 6.08. The van der Waals surface area contributed by atoms with E-state index >= 15 is 0 Å². The molecule has 0 aliphatic carbocycles. The van der Waals surface area contributed by atoms with Crippen molar-refractivity contribution in [2.24, 2.45) is 0 Å². The van der Waals surface area contributed by atoms with Crippen molar-refractivity contribution >= 4 is 18.9 Å². The maximum Gasteiger partial charge on any atom is 0.384 e. The van der Waals surface area contributed by atoms with Crippen LogP contribution >= 0.6 is 7.60 Å². The van der Waals surface area contributed by atoms with Crippen molar-refractivity contribution < 1.29 is 31.9 Å². The number of anilines is 1. The summed E-state index contributed by atoms with van der Waals surface area (Å²) in [7, 11) is 1.86. The minimum Gasteiger partial charge on any atom is -0.493 e. The van der Waals surface area contributed by atoms with Crippen molar-refractivity contribution in [1.82, 2.24) is 4.98 Å². The molecule has 3 rings (SSSR count). The minimum absolute atomic E-state index is 0.000559. The molecule has 0 saturated heterocycles. The molecule has 0 spiro atoms. The van der Waals surface area contributed by atoms with Gasteiger partial charge in [-0.15, -0.1) is 0 Å². The smallest absolute Gasteiger partial charge is 0.384 e. The molecule has 30 heavy (non-hydrogen) atoms. The van der Waals surface area contributed by atoms with Gasteiger partial charge in [0.2, 0.25) is 17.2 Å². The number of methoxy groups -OCH3 is 2. The number of hydrogen-bond donors (Lipinski definition) is 1. The summed E-state index contributed by atoms with van der Waals surface area (Å²) >= 11 is 0. The van der Waals surface area contributed by atoms with Crippen LogP contribution in [0.1, 0.15) is 5.56 Å². The van der Waals surface area contributed by atoms with E-state index in [4.69, 9.17) is 22.9 Å². The van der Waals surface area contributed by atoms with Crippen molar-refractivity contribution in [3.63, 3.8) is 0 Å². The molecule has 1 N–H and O–H groups in total. The Morgan fingerprint density at radius 1 is 1.00 bits per heavy atom. The van der Waals surface area contributed by atoms with Crippen molar-refractivity contribution in [3.05, 3.63) is 53.8 Å². The van der Waals surface area contributed by atoms with Crippen LogP contribution < -0.4 is 20.2 Å². The summed E-state index contributed by atoms with van der Waals surface area (Å²) in [6.07, 6.45) is 0. The molecule has 0 atom stereocenters. The molecule has 0 radical (unpaired) electrons. The van der Waals surface area contributed by atoms with Gasteiger partial charge in [-0.05, 0) is 35.9 Å². The molecule has 2 aromatic carbocycles. The zero-order valence-corrected chi connectivity index (χ0v) is 17.9. The van der Waals surface area contributed by atoms with E-state index in [1.54, 1.807) is 30.3 Å². The molecule has 1 heterocycles. The van der Waals surface area contributed by atoms with Gasteiger partial charge in [0.1, 0.15) is 5.82 Å². The first-order valence-corrected chi connectivity index (χ1v) is 10.4. The van der Waals surface area contributed by atoms with Gasteiger partial charge in [0.25, 0.3) is 0 Å². The van der Waals surface area contributed by atoms with Crippen LogP contribution in [-0.4, -0.2) is 33.4 Å². The Bertz CT molecular complexity index is 1050. The van der Waals surface area contributed by atoms with Crippen LogP contribution in [0.2, 0.25) is 0 Å². The minimum atomic E-state index is -3.72. The fourth-order valence-corrected chi connectivity index (χ4v) is 3.82. The first kappa shape index (κ1) is 21.8. The van der Waals surface area contributed by atoms with Crippen molar-refractivity contribution in [3.8, 4) is 23.0 Å². The molecule has 0 aliphatic heterocycles. The number of hydrogen-bond acceptors (Lipinski definition) is 8. The highest BCUT2D eigenvalue weighted by molar-refractivity contribution is 7.62. The van der Waals surface area contributed by atoms with E-state index in [0.717, 1.165) is 5.56 Å². The van der Waals surface area contributed by atoms with Crippen molar-refractivity contribution in [2.75, 3.05) is 33.8 Å². The van der Waals surface area contributed by atoms with Gasteiger partial charge in [0.15, 0.2) is 11.5 Å². The highest BCUT2D eigenvalue weighted by Gasteiger charge is 2.34. The lowest BCUT2D eigenvalue weighted by atomic mass is 10.2. The second kappa shape index (κ2) is 9.30. The molecule has 3 aromatic rings. The molecule has 0 aliphatic rings. The summed E-state index contributed by atoms with van der Waals surface area (Å²) in [5, 5.41) is 3.02. The quantitative estimate of drug-likeness (QED) is 0.499. The Balaban J connectivity index is 1.99. The zero-order valence-electron chi connectivity index (χ0n) is 17.0. The van der Waals surface area contributed by atoms with E-state index in [1.165, 1.54) is 40.6 Å². The molecular formula is C20H22FN2O6P. The molecule has 8 nitrogen and oxygen atoms in total. The van der Waals surface area contributed by atoms with Crippen LogP contribution in [0.4, 0.5) is 10.3 Å². The Kier molecular flexibility index (Phi) is 6.77. The third-order valence-corrected chi connectivity index (χ3v) is 6.13. The van der Waals surface area contributed by atoms with E-state index in [-0.39, 0.29) is 29.6 Å². The summed E-state index contributed by atoms with van der Waals surface area (Å²) < 4.78 is 52.7. The predicted molar refractivity (Wildman–Crippen MR) is 110 cm³/mol. The number of nitrogens with zero attached hydrogens (tertiary/aromatic N) is 1. The van der Waals surface area contributed by atoms with Crippen LogP contribution in [0.25, 0.3) is 11.5 Å². The standard InChI is InChI=1S/C20H22FN2O6P/c1-25-16-10-7-14(11-17(16)26-2)18-23-20(30(24,27-3)28-4)19(29-18)22-12-13-5-8-15(21)9-6-13/h5-11,22H,12H2,1-4H3. The number of oxazole rings is 1. The topological polar surface area (TPSA) is 92.1 Å². The van der Waals surface area contributed by atoms with E-state index in [0.29, 0.717) is 17.1 Å². The average Bonchev–Trinajstić information content (AvgIpc) is 3.22. The number of nitrogens with one attached hydrogen (secondary N) is 1. The molecular weight excluding hydrogens is 414 g/mol. The molecule has 0 bridgehead atoms. The third kappa shape index (κ3) is 4.48. The first-order chi connectivity index (χ1) is 14.4. The lowest BCUT2D eigenvalue weighted by Crippen LogP contribution is -2.14. The highest BCUT2D eigenvalue weighted by atomic mass is 31.2. The third-order valence-electron chi connectivity index (χ3n) is 4.35. The van der Waals surface area contributed by atoms with Gasteiger partial charge in [0.05, 0.1) is 14.2 Å². The zero-order chi connectivity index (χ0) is 21.7. The number of rotatable bonds is 9. The highest BCUT2D eigenvalue weighted by Crippen LogP contribution is 2.48. The van der Waals surface area contributed by atoms with E-state index < -0.39 is 7.60 Å². The van der Waals surface area contributed by atoms with Crippen LogP contribution in [0.15, 0.2) is 46.9 Å². The summed E-state index contributed by atoms with van der Waals surface area (Å²) in [6, 6.07) is 11.1. The molecule has 0 saturated carbocycles. The number of halogens is 1. The summed E-state index contributed by atoms with van der Waals surface area (Å²) in [6.45, 7) is 0.279. The molecule has 160 valence electrons. The monoisotopic (exact) mass is 436 g/mol. The molecule has 0 unspecified atom stereocenters. The van der Waals surface area contributed by atoms with Gasteiger partial charge >= 0.3 is 7.60 Å². The number of aromatic nitrogens is 1. The summed E-state index contributed by atoms with van der Waals surface area (Å²) in [4.78, 5) is 4.35. The van der Waals surface area contributed by atoms with E-state index in [9.17, 15) is 8.96 Å². The van der Waals surface area contributed by atoms with Crippen LogP contribution in [0.5, 0.6) is 11.5 Å².